The Kier molecular flexibility index (Phi) is 4.24. The van der Waals surface area contributed by atoms with Crippen molar-refractivity contribution >= 4 is 5.97 Å². The van der Waals surface area contributed by atoms with Crippen LogP contribution in [0.5, 0.6) is 0 Å². The molecule has 6 nitrogen and oxygen atoms in total. The average molecular weight is 292 g/mol. The first kappa shape index (κ1) is 14.5. The van der Waals surface area contributed by atoms with Crippen LogP contribution in [0.15, 0.2) is 6.33 Å². The van der Waals surface area contributed by atoms with E-state index in [1.807, 2.05) is 0 Å². The number of hydrogen-bond acceptors (Lipinski definition) is 4. The summed E-state index contributed by atoms with van der Waals surface area (Å²) in [7, 11) is 0. The van der Waals surface area contributed by atoms with Crippen LogP contribution in [-0.4, -0.2) is 43.3 Å². The van der Waals surface area contributed by atoms with Crippen LogP contribution in [0.1, 0.15) is 44.9 Å². The molecular weight excluding hydrogens is 268 g/mol. The minimum atomic E-state index is -0.637. The van der Waals surface area contributed by atoms with Crippen molar-refractivity contribution in [3.63, 3.8) is 0 Å². The molecule has 0 bridgehead atoms. The highest BCUT2D eigenvalue weighted by molar-refractivity contribution is 5.71. The predicted octanol–water partition coefficient (Wildman–Crippen LogP) is 1.76. The number of aromatic nitrogens is 3. The number of nitrogens with zero attached hydrogens (tertiary/aromatic N) is 4. The van der Waals surface area contributed by atoms with Gasteiger partial charge in [-0.2, -0.15) is 0 Å². The fraction of sp³-hybridized carbons (Fsp3) is 0.800. The molecule has 0 aromatic carbocycles. The minimum absolute atomic E-state index is 0.151. The Morgan fingerprint density at radius 2 is 2.29 bits per heavy atom. The van der Waals surface area contributed by atoms with Crippen LogP contribution in [0.3, 0.4) is 0 Å². The van der Waals surface area contributed by atoms with Crippen molar-refractivity contribution in [1.29, 1.82) is 0 Å². The normalized spacial score (nSPS) is 30.0. The molecule has 21 heavy (non-hydrogen) atoms. The number of carboxylic acid groups (broad SMARTS) is 1. The third-order valence-corrected chi connectivity index (χ3v) is 5.08. The summed E-state index contributed by atoms with van der Waals surface area (Å²) in [6, 6.07) is 0.151. The number of carboxylic acids is 1. The molecule has 3 unspecified atom stereocenters. The average Bonchev–Trinajstić information content (AvgIpc) is 2.94. The van der Waals surface area contributed by atoms with E-state index in [1.165, 1.54) is 12.8 Å². The summed E-state index contributed by atoms with van der Waals surface area (Å²) in [6.45, 7) is 4.71. The topological polar surface area (TPSA) is 71.2 Å². The van der Waals surface area contributed by atoms with Gasteiger partial charge < -0.3 is 9.67 Å². The SMILES string of the molecule is CCCC1CCC(C(=O)O)C(N2CCn3cnnc3C2)C1. The molecule has 0 saturated heterocycles. The van der Waals surface area contributed by atoms with Crippen LogP contribution in [0.4, 0.5) is 0 Å². The smallest absolute Gasteiger partial charge is 0.308 e. The van der Waals surface area contributed by atoms with Crippen molar-refractivity contribution in [2.24, 2.45) is 11.8 Å². The second-order valence-electron chi connectivity index (χ2n) is 6.39. The van der Waals surface area contributed by atoms with Gasteiger partial charge in [-0.25, -0.2) is 0 Å². The van der Waals surface area contributed by atoms with Gasteiger partial charge in [0, 0.05) is 19.1 Å². The lowest BCUT2D eigenvalue weighted by Gasteiger charge is -2.42. The molecule has 1 aromatic rings. The van der Waals surface area contributed by atoms with Gasteiger partial charge in [-0.05, 0) is 25.2 Å². The molecular formula is C15H24N4O2. The quantitative estimate of drug-likeness (QED) is 0.915. The maximum absolute atomic E-state index is 11.6. The Morgan fingerprint density at radius 3 is 3.05 bits per heavy atom. The van der Waals surface area contributed by atoms with Gasteiger partial charge in [0.05, 0.1) is 12.5 Å². The Labute approximate surface area is 125 Å². The van der Waals surface area contributed by atoms with Gasteiger partial charge in [0.1, 0.15) is 12.2 Å². The van der Waals surface area contributed by atoms with E-state index in [0.717, 1.165) is 44.7 Å². The zero-order valence-electron chi connectivity index (χ0n) is 12.6. The van der Waals surface area contributed by atoms with E-state index in [2.05, 4.69) is 26.6 Å². The molecule has 2 heterocycles. The summed E-state index contributed by atoms with van der Waals surface area (Å²) in [4.78, 5) is 13.9. The van der Waals surface area contributed by atoms with Gasteiger partial charge in [-0.3, -0.25) is 9.69 Å². The van der Waals surface area contributed by atoms with Crippen LogP contribution >= 0.6 is 0 Å². The second kappa shape index (κ2) is 6.13. The molecule has 0 amide bonds. The highest BCUT2D eigenvalue weighted by Gasteiger charge is 2.39. The van der Waals surface area contributed by atoms with E-state index in [0.29, 0.717) is 5.92 Å². The standard InChI is InChI=1S/C15H24N4O2/c1-2-3-11-4-5-12(15(20)21)13(8-11)18-6-7-19-10-16-17-14(19)9-18/h10-13H,2-9H2,1H3,(H,20,21). The lowest BCUT2D eigenvalue weighted by atomic mass is 9.76. The summed E-state index contributed by atoms with van der Waals surface area (Å²) in [5.41, 5.74) is 0. The largest absolute Gasteiger partial charge is 0.481 e. The van der Waals surface area contributed by atoms with Gasteiger partial charge >= 0.3 is 5.97 Å². The molecule has 0 radical (unpaired) electrons. The molecule has 1 saturated carbocycles. The van der Waals surface area contributed by atoms with E-state index in [-0.39, 0.29) is 12.0 Å². The third kappa shape index (κ3) is 2.95. The summed E-state index contributed by atoms with van der Waals surface area (Å²) < 4.78 is 2.07. The molecule has 1 aromatic heterocycles. The first-order chi connectivity index (χ1) is 10.2. The number of aliphatic carboxylic acids is 1. The molecule has 6 heteroatoms. The summed E-state index contributed by atoms with van der Waals surface area (Å²) in [5, 5.41) is 17.7. The molecule has 2 aliphatic rings. The van der Waals surface area contributed by atoms with Crippen molar-refractivity contribution in [3.05, 3.63) is 12.2 Å². The van der Waals surface area contributed by atoms with Crippen LogP contribution in [0.2, 0.25) is 0 Å². The van der Waals surface area contributed by atoms with Gasteiger partial charge in [-0.15, -0.1) is 10.2 Å². The van der Waals surface area contributed by atoms with Crippen LogP contribution < -0.4 is 0 Å². The number of rotatable bonds is 4. The minimum Gasteiger partial charge on any atom is -0.481 e. The van der Waals surface area contributed by atoms with Crippen molar-refractivity contribution < 1.29 is 9.90 Å². The van der Waals surface area contributed by atoms with Crippen molar-refractivity contribution in [2.75, 3.05) is 6.54 Å². The Hall–Kier alpha value is -1.43. The van der Waals surface area contributed by atoms with Gasteiger partial charge in [0.2, 0.25) is 0 Å². The van der Waals surface area contributed by atoms with Gasteiger partial charge in [0.15, 0.2) is 0 Å². The highest BCUT2D eigenvalue weighted by atomic mass is 16.4. The molecule has 1 aliphatic heterocycles. The van der Waals surface area contributed by atoms with E-state index in [1.54, 1.807) is 6.33 Å². The third-order valence-electron chi connectivity index (χ3n) is 5.08. The second-order valence-corrected chi connectivity index (χ2v) is 6.39. The van der Waals surface area contributed by atoms with Crippen LogP contribution in [0.25, 0.3) is 0 Å². The van der Waals surface area contributed by atoms with E-state index >= 15 is 0 Å². The van der Waals surface area contributed by atoms with Crippen molar-refractivity contribution in [2.45, 2.75) is 58.2 Å². The Bertz CT molecular complexity index is 502. The van der Waals surface area contributed by atoms with E-state index in [4.69, 9.17) is 0 Å². The number of carbonyl (C=O) groups is 1. The molecule has 116 valence electrons. The van der Waals surface area contributed by atoms with Gasteiger partial charge in [0.25, 0.3) is 0 Å². The Balaban J connectivity index is 1.74. The van der Waals surface area contributed by atoms with Crippen molar-refractivity contribution in [1.82, 2.24) is 19.7 Å². The van der Waals surface area contributed by atoms with E-state index in [9.17, 15) is 9.90 Å². The maximum Gasteiger partial charge on any atom is 0.308 e. The molecule has 1 N–H and O–H groups in total. The summed E-state index contributed by atoms with van der Waals surface area (Å²) in [6.07, 6.45) is 7.05. The monoisotopic (exact) mass is 292 g/mol. The fourth-order valence-electron chi connectivity index (χ4n) is 3.96. The predicted molar refractivity (Wildman–Crippen MR) is 77.6 cm³/mol. The fourth-order valence-corrected chi connectivity index (χ4v) is 3.96. The van der Waals surface area contributed by atoms with E-state index < -0.39 is 5.97 Å². The van der Waals surface area contributed by atoms with Crippen LogP contribution in [0, 0.1) is 11.8 Å². The zero-order valence-corrected chi connectivity index (χ0v) is 12.6. The lowest BCUT2D eigenvalue weighted by molar-refractivity contribution is -0.146. The number of hydrogen-bond donors (Lipinski definition) is 1. The summed E-state index contributed by atoms with van der Waals surface area (Å²) >= 11 is 0. The molecule has 0 spiro atoms. The lowest BCUT2D eigenvalue weighted by Crippen LogP contribution is -2.49. The first-order valence-corrected chi connectivity index (χ1v) is 8.02. The van der Waals surface area contributed by atoms with Crippen molar-refractivity contribution in [3.8, 4) is 0 Å². The Morgan fingerprint density at radius 1 is 1.43 bits per heavy atom. The molecule has 3 rings (SSSR count). The number of fused-ring (bicyclic) bond motifs is 1. The summed E-state index contributed by atoms with van der Waals surface area (Å²) in [5.74, 6) is 0.771. The molecule has 1 fully saturated rings. The molecule has 3 atom stereocenters. The molecule has 1 aliphatic carbocycles. The zero-order chi connectivity index (χ0) is 14.8. The highest BCUT2D eigenvalue weighted by Crippen LogP contribution is 2.36. The first-order valence-electron chi connectivity index (χ1n) is 8.02. The maximum atomic E-state index is 11.6. The van der Waals surface area contributed by atoms with Gasteiger partial charge in [-0.1, -0.05) is 19.8 Å². The van der Waals surface area contributed by atoms with Crippen LogP contribution in [-0.2, 0) is 17.9 Å².